The van der Waals surface area contributed by atoms with Gasteiger partial charge in [-0.15, -0.1) is 0 Å². The first-order valence-electron chi connectivity index (χ1n) is 19.6. The Morgan fingerprint density at radius 1 is 0.362 bits per heavy atom. The van der Waals surface area contributed by atoms with Crippen molar-refractivity contribution in [1.82, 2.24) is 0 Å². The minimum absolute atomic E-state index is 0.816. The van der Waals surface area contributed by atoms with Crippen molar-refractivity contribution in [2.45, 2.75) is 0 Å². The molecule has 0 aliphatic rings. The largest absolute Gasteiger partial charge is 0.496 e. The lowest BCUT2D eigenvalue weighted by atomic mass is 9.94. The normalized spacial score (nSPS) is 11.1. The number of ether oxygens (including phenoxy) is 2. The Labute approximate surface area is 342 Å². The fraction of sp³-hybridized carbons (Fsp3) is 0.0357. The van der Waals surface area contributed by atoms with Gasteiger partial charge in [-0.1, -0.05) is 206 Å². The molecule has 0 bridgehead atoms. The van der Waals surface area contributed by atoms with Gasteiger partial charge in [0, 0.05) is 11.1 Å². The van der Waals surface area contributed by atoms with Gasteiger partial charge >= 0.3 is 0 Å². The summed E-state index contributed by atoms with van der Waals surface area (Å²) in [7, 11) is 3.47. The molecule has 0 aliphatic carbocycles. The van der Waals surface area contributed by atoms with Crippen LogP contribution < -0.4 is 9.47 Å². The molecule has 0 amide bonds. The molecule has 0 unspecified atom stereocenters. The van der Waals surface area contributed by atoms with Gasteiger partial charge in [0.05, 0.1) is 14.2 Å². The van der Waals surface area contributed by atoms with Crippen LogP contribution in [0.4, 0.5) is 0 Å². The molecule has 0 N–H and O–H groups in total. The molecule has 58 heavy (non-hydrogen) atoms. The molecule has 0 spiro atoms. The average molecular weight is 749 g/mol. The van der Waals surface area contributed by atoms with E-state index in [9.17, 15) is 0 Å². The summed E-state index contributed by atoms with van der Waals surface area (Å²) in [5.41, 5.74) is 13.3. The SMILES string of the molecule is COc1cc(/C=C/c2ccc3ccccc3c2/C=C/c2ccc(C=C(c3ccccc3)c3ccccc3)c(OC)c2)ccc1C=C(c1ccccc1)c1ccccc1. The molecule has 0 fully saturated rings. The molecule has 0 saturated carbocycles. The Bertz CT molecular complexity index is 2680. The van der Waals surface area contributed by atoms with Gasteiger partial charge in [0.1, 0.15) is 11.5 Å². The smallest absolute Gasteiger partial charge is 0.126 e. The van der Waals surface area contributed by atoms with Crippen molar-refractivity contribution in [3.8, 4) is 11.5 Å². The Kier molecular flexibility index (Phi) is 11.7. The topological polar surface area (TPSA) is 18.5 Å². The first kappa shape index (κ1) is 37.5. The van der Waals surface area contributed by atoms with E-state index in [0.717, 1.165) is 78.3 Å². The van der Waals surface area contributed by atoms with Crippen LogP contribution in [0.2, 0.25) is 0 Å². The second-order valence-electron chi connectivity index (χ2n) is 14.0. The number of hydrogen-bond donors (Lipinski definition) is 0. The van der Waals surface area contributed by atoms with E-state index in [-0.39, 0.29) is 0 Å². The van der Waals surface area contributed by atoms with Gasteiger partial charge in [-0.3, -0.25) is 0 Å². The maximum Gasteiger partial charge on any atom is 0.126 e. The summed E-state index contributed by atoms with van der Waals surface area (Å²) in [6.45, 7) is 0. The highest BCUT2D eigenvalue weighted by molar-refractivity contribution is 5.98. The molecule has 2 nitrogen and oxygen atoms in total. The standard InChI is InChI=1S/C56H44O2/c1-57-55-37-41(28-32-49(55)39-53(43-17-7-3-8-18-43)44-19-9-4-10-20-44)27-31-48-35-34-47-25-15-16-26-51(47)52(48)36-30-42-29-33-50(56(38-42)58-2)40-54(45-21-11-5-12-22-45)46-23-13-6-14-24-46/h3-40H,1-2H3/b31-27+,36-30+. The monoisotopic (exact) mass is 748 g/mol. The Morgan fingerprint density at radius 3 is 1.21 bits per heavy atom. The average Bonchev–Trinajstić information content (AvgIpc) is 3.30. The van der Waals surface area contributed by atoms with Crippen molar-refractivity contribution in [3.05, 3.63) is 250 Å². The maximum atomic E-state index is 5.98. The lowest BCUT2D eigenvalue weighted by Gasteiger charge is -2.12. The zero-order valence-corrected chi connectivity index (χ0v) is 32.8. The summed E-state index contributed by atoms with van der Waals surface area (Å²) in [4.78, 5) is 0. The van der Waals surface area contributed by atoms with Gasteiger partial charge < -0.3 is 9.47 Å². The minimum atomic E-state index is 0.816. The van der Waals surface area contributed by atoms with Gasteiger partial charge in [-0.2, -0.15) is 0 Å². The van der Waals surface area contributed by atoms with E-state index in [2.05, 4.69) is 206 Å². The first-order valence-corrected chi connectivity index (χ1v) is 19.6. The van der Waals surface area contributed by atoms with Crippen LogP contribution in [0.5, 0.6) is 11.5 Å². The van der Waals surface area contributed by atoms with Crippen LogP contribution in [0.25, 0.3) is 58.4 Å². The van der Waals surface area contributed by atoms with Crippen molar-refractivity contribution >= 4 is 58.4 Å². The third-order valence-electron chi connectivity index (χ3n) is 10.4. The predicted octanol–water partition coefficient (Wildman–Crippen LogP) is 14.4. The molecule has 0 saturated heterocycles. The molecule has 8 aromatic carbocycles. The molecule has 280 valence electrons. The number of rotatable bonds is 12. The van der Waals surface area contributed by atoms with Crippen LogP contribution in [-0.4, -0.2) is 14.2 Å². The summed E-state index contributed by atoms with van der Waals surface area (Å²) in [6, 6.07) is 67.7. The highest BCUT2D eigenvalue weighted by Crippen LogP contribution is 2.33. The fourth-order valence-corrected chi connectivity index (χ4v) is 7.36. The van der Waals surface area contributed by atoms with E-state index in [1.807, 2.05) is 24.3 Å². The van der Waals surface area contributed by atoms with E-state index in [4.69, 9.17) is 9.47 Å². The summed E-state index contributed by atoms with van der Waals surface area (Å²) in [5.74, 6) is 1.63. The molecule has 0 radical (unpaired) electrons. The fourth-order valence-electron chi connectivity index (χ4n) is 7.36. The van der Waals surface area contributed by atoms with Crippen LogP contribution >= 0.6 is 0 Å². The van der Waals surface area contributed by atoms with Crippen molar-refractivity contribution in [2.75, 3.05) is 14.2 Å². The van der Waals surface area contributed by atoms with Crippen LogP contribution in [0.1, 0.15) is 55.6 Å². The second-order valence-corrected chi connectivity index (χ2v) is 14.0. The zero-order valence-electron chi connectivity index (χ0n) is 32.8. The Balaban J connectivity index is 1.11. The van der Waals surface area contributed by atoms with E-state index in [1.165, 1.54) is 10.8 Å². The van der Waals surface area contributed by atoms with E-state index < -0.39 is 0 Å². The summed E-state index contributed by atoms with van der Waals surface area (Å²) in [6.07, 6.45) is 13.2. The molecule has 0 heterocycles. The quantitative estimate of drug-likeness (QED) is 0.116. The Hall–Kier alpha value is -7.42. The van der Waals surface area contributed by atoms with Gasteiger partial charge in [0.15, 0.2) is 0 Å². The van der Waals surface area contributed by atoms with Crippen LogP contribution in [0.3, 0.4) is 0 Å². The number of benzene rings is 8. The molecule has 2 heteroatoms. The van der Waals surface area contributed by atoms with Gasteiger partial charge in [0.2, 0.25) is 0 Å². The molecule has 0 aliphatic heterocycles. The van der Waals surface area contributed by atoms with Crippen LogP contribution in [-0.2, 0) is 0 Å². The number of hydrogen-bond acceptors (Lipinski definition) is 2. The van der Waals surface area contributed by atoms with Crippen molar-refractivity contribution < 1.29 is 9.47 Å². The number of methoxy groups -OCH3 is 2. The molecule has 8 aromatic rings. The highest BCUT2D eigenvalue weighted by atomic mass is 16.5. The lowest BCUT2D eigenvalue weighted by molar-refractivity contribution is 0.413. The molecular weight excluding hydrogens is 705 g/mol. The number of fused-ring (bicyclic) bond motifs is 1. The van der Waals surface area contributed by atoms with Crippen molar-refractivity contribution in [3.63, 3.8) is 0 Å². The van der Waals surface area contributed by atoms with Gasteiger partial charge in [-0.25, -0.2) is 0 Å². The van der Waals surface area contributed by atoms with Gasteiger partial charge in [-0.05, 0) is 90.7 Å². The lowest BCUT2D eigenvalue weighted by Crippen LogP contribution is -1.92. The van der Waals surface area contributed by atoms with E-state index in [1.54, 1.807) is 14.2 Å². The highest BCUT2D eigenvalue weighted by Gasteiger charge is 2.11. The predicted molar refractivity (Wildman–Crippen MR) is 248 cm³/mol. The maximum absolute atomic E-state index is 5.98. The molecule has 8 rings (SSSR count). The van der Waals surface area contributed by atoms with Crippen LogP contribution in [0.15, 0.2) is 194 Å². The summed E-state index contributed by atoms with van der Waals surface area (Å²) < 4.78 is 12.0. The first-order chi connectivity index (χ1) is 28.7. The minimum Gasteiger partial charge on any atom is -0.496 e. The van der Waals surface area contributed by atoms with Crippen molar-refractivity contribution in [1.29, 1.82) is 0 Å². The van der Waals surface area contributed by atoms with Crippen LogP contribution in [0, 0.1) is 0 Å². The third kappa shape index (κ3) is 8.68. The second kappa shape index (κ2) is 18.0. The summed E-state index contributed by atoms with van der Waals surface area (Å²) >= 11 is 0. The van der Waals surface area contributed by atoms with Crippen molar-refractivity contribution in [2.24, 2.45) is 0 Å². The van der Waals surface area contributed by atoms with E-state index >= 15 is 0 Å². The molecular formula is C56H44O2. The van der Waals surface area contributed by atoms with Gasteiger partial charge in [0.25, 0.3) is 0 Å². The molecule has 0 aromatic heterocycles. The van der Waals surface area contributed by atoms with E-state index in [0.29, 0.717) is 0 Å². The zero-order chi connectivity index (χ0) is 39.5. The third-order valence-corrected chi connectivity index (χ3v) is 10.4. The summed E-state index contributed by atoms with van der Waals surface area (Å²) in [5, 5.41) is 2.38. The molecule has 0 atom stereocenters. The Morgan fingerprint density at radius 2 is 0.759 bits per heavy atom.